The molecule has 1 unspecified atom stereocenters. The van der Waals surface area contributed by atoms with Gasteiger partial charge in [-0.3, -0.25) is 0 Å². The van der Waals surface area contributed by atoms with Crippen LogP contribution in [0.5, 0.6) is 0 Å². The Labute approximate surface area is 130 Å². The van der Waals surface area contributed by atoms with E-state index >= 15 is 0 Å². The Kier molecular flexibility index (Phi) is 5.58. The number of nitrogens with one attached hydrogen (secondary N) is 1. The minimum Gasteiger partial charge on any atom is -0.310 e. The minimum atomic E-state index is 0.226. The van der Waals surface area contributed by atoms with Crippen molar-refractivity contribution in [3.63, 3.8) is 0 Å². The lowest BCUT2D eigenvalue weighted by Gasteiger charge is -2.20. The van der Waals surface area contributed by atoms with Crippen LogP contribution in [0.25, 0.3) is 0 Å². The van der Waals surface area contributed by atoms with E-state index in [-0.39, 0.29) is 6.04 Å². The number of hydrogen-bond donors (Lipinski definition) is 1. The van der Waals surface area contributed by atoms with Crippen LogP contribution in [-0.4, -0.2) is 11.5 Å². The molecule has 0 bridgehead atoms. The second kappa shape index (κ2) is 7.21. The molecule has 1 aromatic carbocycles. The molecule has 1 aromatic heterocycles. The maximum atomic E-state index is 6.48. The molecule has 0 fully saturated rings. The molecule has 0 aliphatic carbocycles. The standard InChI is InChI=1S/C16H21ClN2S/c1-4-8-18-15(9-13-10-20-12(3)19-13)14-7-5-6-11(2)16(14)17/h5-7,10,15,18H,4,8-9H2,1-3H3. The molecule has 0 saturated heterocycles. The quantitative estimate of drug-likeness (QED) is 0.837. The number of hydrogen-bond acceptors (Lipinski definition) is 3. The minimum absolute atomic E-state index is 0.226. The van der Waals surface area contributed by atoms with Gasteiger partial charge in [0.15, 0.2) is 0 Å². The van der Waals surface area contributed by atoms with Gasteiger partial charge in [-0.2, -0.15) is 0 Å². The molecular formula is C16H21ClN2S. The van der Waals surface area contributed by atoms with Crippen molar-refractivity contribution in [1.82, 2.24) is 10.3 Å². The van der Waals surface area contributed by atoms with E-state index in [9.17, 15) is 0 Å². The molecule has 20 heavy (non-hydrogen) atoms. The summed E-state index contributed by atoms with van der Waals surface area (Å²) in [6.45, 7) is 7.25. The van der Waals surface area contributed by atoms with Gasteiger partial charge in [0.1, 0.15) is 0 Å². The van der Waals surface area contributed by atoms with Crippen LogP contribution in [0, 0.1) is 13.8 Å². The average molecular weight is 309 g/mol. The third-order valence-corrected chi connectivity index (χ3v) is 4.66. The summed E-state index contributed by atoms with van der Waals surface area (Å²) in [6.07, 6.45) is 1.99. The Bertz CT molecular complexity index is 565. The molecule has 0 amide bonds. The van der Waals surface area contributed by atoms with Crippen molar-refractivity contribution in [2.45, 2.75) is 39.7 Å². The Morgan fingerprint density at radius 2 is 2.15 bits per heavy atom. The van der Waals surface area contributed by atoms with Crippen LogP contribution in [0.4, 0.5) is 0 Å². The first-order chi connectivity index (χ1) is 9.61. The van der Waals surface area contributed by atoms with Gasteiger partial charge < -0.3 is 5.32 Å². The van der Waals surface area contributed by atoms with Crippen LogP contribution in [-0.2, 0) is 6.42 Å². The van der Waals surface area contributed by atoms with E-state index in [1.54, 1.807) is 11.3 Å². The third-order valence-electron chi connectivity index (χ3n) is 3.32. The van der Waals surface area contributed by atoms with Crippen LogP contribution in [0.3, 0.4) is 0 Å². The number of aromatic nitrogens is 1. The predicted molar refractivity (Wildman–Crippen MR) is 87.8 cm³/mol. The first-order valence-corrected chi connectivity index (χ1v) is 8.27. The summed E-state index contributed by atoms with van der Waals surface area (Å²) in [5.41, 5.74) is 3.44. The Hall–Kier alpha value is -0.900. The Morgan fingerprint density at radius 1 is 1.35 bits per heavy atom. The molecule has 1 atom stereocenters. The van der Waals surface area contributed by atoms with Gasteiger partial charge in [0.2, 0.25) is 0 Å². The maximum Gasteiger partial charge on any atom is 0.0897 e. The molecule has 1 heterocycles. The van der Waals surface area contributed by atoms with Crippen molar-refractivity contribution in [3.05, 3.63) is 50.4 Å². The van der Waals surface area contributed by atoms with E-state index in [0.717, 1.165) is 40.7 Å². The van der Waals surface area contributed by atoms with Gasteiger partial charge in [0, 0.05) is 22.9 Å². The summed E-state index contributed by atoms with van der Waals surface area (Å²) in [5, 5.41) is 7.71. The van der Waals surface area contributed by atoms with E-state index in [4.69, 9.17) is 11.6 Å². The Balaban J connectivity index is 2.24. The van der Waals surface area contributed by atoms with Gasteiger partial charge in [-0.15, -0.1) is 11.3 Å². The lowest BCUT2D eigenvalue weighted by molar-refractivity contribution is 0.525. The second-order valence-electron chi connectivity index (χ2n) is 5.05. The molecule has 2 aromatic rings. The number of halogens is 1. The van der Waals surface area contributed by atoms with Crippen LogP contribution < -0.4 is 5.32 Å². The number of nitrogens with zero attached hydrogens (tertiary/aromatic N) is 1. The molecule has 0 saturated carbocycles. The SMILES string of the molecule is CCCNC(Cc1csc(C)n1)c1cccc(C)c1Cl. The van der Waals surface area contributed by atoms with E-state index in [1.807, 2.05) is 6.92 Å². The molecule has 0 radical (unpaired) electrons. The van der Waals surface area contributed by atoms with Crippen LogP contribution in [0.1, 0.15) is 41.2 Å². The summed E-state index contributed by atoms with van der Waals surface area (Å²) >= 11 is 8.18. The van der Waals surface area contributed by atoms with Crippen LogP contribution in [0.2, 0.25) is 5.02 Å². The smallest absolute Gasteiger partial charge is 0.0897 e. The molecule has 0 spiro atoms. The zero-order valence-corrected chi connectivity index (χ0v) is 13.8. The van der Waals surface area contributed by atoms with Crippen molar-refractivity contribution in [2.24, 2.45) is 0 Å². The number of benzene rings is 1. The first kappa shape index (κ1) is 15.5. The van der Waals surface area contributed by atoms with Gasteiger partial charge in [0.05, 0.1) is 10.7 Å². The molecule has 108 valence electrons. The highest BCUT2D eigenvalue weighted by atomic mass is 35.5. The fraction of sp³-hybridized carbons (Fsp3) is 0.438. The fourth-order valence-electron chi connectivity index (χ4n) is 2.26. The molecule has 0 aliphatic rings. The topological polar surface area (TPSA) is 24.9 Å². The summed E-state index contributed by atoms with van der Waals surface area (Å²) in [7, 11) is 0. The summed E-state index contributed by atoms with van der Waals surface area (Å²) in [6, 6.07) is 6.46. The fourth-order valence-corrected chi connectivity index (χ4v) is 3.14. The highest BCUT2D eigenvalue weighted by molar-refractivity contribution is 7.09. The average Bonchev–Trinajstić information content (AvgIpc) is 2.83. The van der Waals surface area contributed by atoms with Crippen molar-refractivity contribution in [3.8, 4) is 0 Å². The highest BCUT2D eigenvalue weighted by Crippen LogP contribution is 2.28. The van der Waals surface area contributed by atoms with E-state index < -0.39 is 0 Å². The van der Waals surface area contributed by atoms with Gasteiger partial charge in [0.25, 0.3) is 0 Å². The van der Waals surface area contributed by atoms with E-state index in [1.165, 1.54) is 5.56 Å². The zero-order chi connectivity index (χ0) is 14.5. The van der Waals surface area contributed by atoms with E-state index in [0.29, 0.717) is 0 Å². The van der Waals surface area contributed by atoms with Crippen molar-refractivity contribution >= 4 is 22.9 Å². The number of aryl methyl sites for hydroxylation is 2. The van der Waals surface area contributed by atoms with Crippen molar-refractivity contribution < 1.29 is 0 Å². The molecule has 4 heteroatoms. The third kappa shape index (κ3) is 3.81. The lowest BCUT2D eigenvalue weighted by Crippen LogP contribution is -2.24. The summed E-state index contributed by atoms with van der Waals surface area (Å²) < 4.78 is 0. The molecule has 1 N–H and O–H groups in total. The monoisotopic (exact) mass is 308 g/mol. The lowest BCUT2D eigenvalue weighted by atomic mass is 10.00. The number of thiazole rings is 1. The van der Waals surface area contributed by atoms with Crippen molar-refractivity contribution in [1.29, 1.82) is 0 Å². The second-order valence-corrected chi connectivity index (χ2v) is 6.49. The molecule has 0 aliphatic heterocycles. The van der Waals surface area contributed by atoms with Gasteiger partial charge in [-0.1, -0.05) is 36.7 Å². The highest BCUT2D eigenvalue weighted by Gasteiger charge is 2.17. The molecular weight excluding hydrogens is 288 g/mol. The van der Waals surface area contributed by atoms with Crippen molar-refractivity contribution in [2.75, 3.05) is 6.54 Å². The van der Waals surface area contributed by atoms with Gasteiger partial charge in [-0.05, 0) is 37.9 Å². The normalized spacial score (nSPS) is 12.6. The van der Waals surface area contributed by atoms with Gasteiger partial charge >= 0.3 is 0 Å². The Morgan fingerprint density at radius 3 is 2.80 bits per heavy atom. The first-order valence-electron chi connectivity index (χ1n) is 7.01. The summed E-state index contributed by atoms with van der Waals surface area (Å²) in [5.74, 6) is 0. The zero-order valence-electron chi connectivity index (χ0n) is 12.2. The predicted octanol–water partition coefficient (Wildman–Crippen LogP) is 4.70. The van der Waals surface area contributed by atoms with E-state index in [2.05, 4.69) is 47.7 Å². The summed E-state index contributed by atoms with van der Waals surface area (Å²) in [4.78, 5) is 4.57. The molecule has 2 nitrogen and oxygen atoms in total. The number of rotatable bonds is 6. The largest absolute Gasteiger partial charge is 0.310 e. The molecule has 2 rings (SSSR count). The maximum absolute atomic E-state index is 6.48. The van der Waals surface area contributed by atoms with Crippen LogP contribution >= 0.6 is 22.9 Å². The van der Waals surface area contributed by atoms with Crippen LogP contribution in [0.15, 0.2) is 23.6 Å². The van der Waals surface area contributed by atoms with Gasteiger partial charge in [-0.25, -0.2) is 4.98 Å².